The van der Waals surface area contributed by atoms with Crippen LogP contribution in [0, 0.1) is 11.8 Å². The first-order valence-electron chi connectivity index (χ1n) is 14.3. The standard InChI is InChI=1S/C31H29Cl2F2N3O6/c1-37-23-10-19(6-8-22(23)38(31(37)41)14-16-2-3-16)29(40)43-25(12-20-21(32)13-36-28(39)27(20)33)18-7-9-24(44-30(34)35)26(11-18)42-15-17-4-5-17/h6-11,13,16-17,25,30H,2-5,12,14-15H2,1H3,(H,36,39). The van der Waals surface area contributed by atoms with Crippen LogP contribution in [0.2, 0.25) is 10.0 Å². The predicted molar refractivity (Wildman–Crippen MR) is 160 cm³/mol. The number of H-pyrrole nitrogens is 1. The number of aryl methyl sites for hydroxylation is 1. The van der Waals surface area contributed by atoms with Gasteiger partial charge in [-0.25, -0.2) is 9.59 Å². The third kappa shape index (κ3) is 6.49. The Bertz CT molecular complexity index is 1840. The van der Waals surface area contributed by atoms with E-state index in [0.29, 0.717) is 41.6 Å². The lowest BCUT2D eigenvalue weighted by Gasteiger charge is -2.21. The molecule has 0 radical (unpaired) electrons. The van der Waals surface area contributed by atoms with E-state index in [4.69, 9.17) is 32.7 Å². The van der Waals surface area contributed by atoms with Gasteiger partial charge in [0.25, 0.3) is 5.56 Å². The van der Waals surface area contributed by atoms with E-state index in [9.17, 15) is 23.2 Å². The number of alkyl halides is 2. The largest absolute Gasteiger partial charge is 0.489 e. The smallest absolute Gasteiger partial charge is 0.387 e. The molecule has 6 rings (SSSR count). The lowest BCUT2D eigenvalue weighted by atomic mass is 10.0. The van der Waals surface area contributed by atoms with Crippen LogP contribution in [0.25, 0.3) is 11.0 Å². The zero-order valence-corrected chi connectivity index (χ0v) is 25.2. The van der Waals surface area contributed by atoms with Crippen molar-refractivity contribution >= 4 is 40.2 Å². The van der Waals surface area contributed by atoms with Crippen LogP contribution < -0.4 is 20.7 Å². The van der Waals surface area contributed by atoms with Crippen LogP contribution in [0.4, 0.5) is 8.78 Å². The number of nitrogens with one attached hydrogen (secondary N) is 1. The average molecular weight is 648 g/mol. The van der Waals surface area contributed by atoms with Crippen molar-refractivity contribution in [1.82, 2.24) is 14.1 Å². The molecule has 4 aromatic rings. The van der Waals surface area contributed by atoms with Gasteiger partial charge in [0.1, 0.15) is 11.1 Å². The number of pyridine rings is 1. The summed E-state index contributed by atoms with van der Waals surface area (Å²) >= 11 is 12.7. The van der Waals surface area contributed by atoms with Crippen molar-refractivity contribution in [3.8, 4) is 11.5 Å². The van der Waals surface area contributed by atoms with E-state index < -0.39 is 24.2 Å². The fourth-order valence-corrected chi connectivity index (χ4v) is 5.62. The first-order valence-corrected chi connectivity index (χ1v) is 15.0. The molecule has 2 aromatic heterocycles. The number of hydrogen-bond acceptors (Lipinski definition) is 6. The number of carbonyl (C=O) groups is 1. The molecule has 1 atom stereocenters. The molecule has 2 aliphatic rings. The van der Waals surface area contributed by atoms with E-state index in [1.807, 2.05) is 0 Å². The molecule has 44 heavy (non-hydrogen) atoms. The Hall–Kier alpha value is -3.83. The minimum Gasteiger partial charge on any atom is -0.489 e. The number of nitrogens with zero attached hydrogens (tertiary/aromatic N) is 2. The molecular weight excluding hydrogens is 619 g/mol. The normalized spacial score (nSPS) is 15.5. The number of aromatic amines is 1. The van der Waals surface area contributed by atoms with Gasteiger partial charge in [-0.05, 0) is 73.4 Å². The van der Waals surface area contributed by atoms with E-state index in [2.05, 4.69) is 9.72 Å². The van der Waals surface area contributed by atoms with Gasteiger partial charge in [0.2, 0.25) is 0 Å². The van der Waals surface area contributed by atoms with E-state index in [0.717, 1.165) is 25.7 Å². The fourth-order valence-electron chi connectivity index (χ4n) is 5.11. The van der Waals surface area contributed by atoms with Crippen molar-refractivity contribution in [2.24, 2.45) is 18.9 Å². The van der Waals surface area contributed by atoms with Gasteiger partial charge in [0, 0.05) is 31.8 Å². The molecule has 0 aliphatic heterocycles. The highest BCUT2D eigenvalue weighted by Gasteiger charge is 2.28. The number of fused-ring (bicyclic) bond motifs is 1. The first kappa shape index (κ1) is 30.2. The van der Waals surface area contributed by atoms with Gasteiger partial charge in [-0.2, -0.15) is 8.78 Å². The lowest BCUT2D eigenvalue weighted by molar-refractivity contribution is -0.0515. The number of ether oxygens (including phenoxy) is 3. The van der Waals surface area contributed by atoms with E-state index in [1.54, 1.807) is 29.8 Å². The number of carbonyl (C=O) groups excluding carboxylic acids is 1. The number of imidazole rings is 1. The summed E-state index contributed by atoms with van der Waals surface area (Å²) in [5.74, 6) is -0.0191. The minimum absolute atomic E-state index is 0.0623. The third-order valence-corrected chi connectivity index (χ3v) is 8.70. The molecule has 0 spiro atoms. The second-order valence-corrected chi connectivity index (χ2v) is 12.1. The van der Waals surface area contributed by atoms with Crippen molar-refractivity contribution in [1.29, 1.82) is 0 Å². The number of esters is 1. The molecule has 13 heteroatoms. The quantitative estimate of drug-likeness (QED) is 0.182. The Balaban J connectivity index is 1.35. The SMILES string of the molecule is Cn1c(=O)n(CC2CC2)c2ccc(C(=O)OC(Cc3c(Cl)c[nH]c(=O)c3Cl)c3ccc(OC(F)F)c(OCC4CC4)c3)cc21. The molecule has 0 bridgehead atoms. The Morgan fingerprint density at radius 2 is 1.77 bits per heavy atom. The van der Waals surface area contributed by atoms with Gasteiger partial charge in [0.05, 0.1) is 28.2 Å². The molecule has 2 saturated carbocycles. The highest BCUT2D eigenvalue weighted by Crippen LogP contribution is 2.38. The van der Waals surface area contributed by atoms with Gasteiger partial charge in [-0.15, -0.1) is 0 Å². The molecule has 0 saturated heterocycles. The van der Waals surface area contributed by atoms with Crippen LogP contribution in [0.1, 0.15) is 53.3 Å². The van der Waals surface area contributed by atoms with Crippen LogP contribution >= 0.6 is 23.2 Å². The molecule has 2 aromatic carbocycles. The summed E-state index contributed by atoms with van der Waals surface area (Å²) in [6.07, 6.45) is 4.23. The van der Waals surface area contributed by atoms with Gasteiger partial charge in [-0.1, -0.05) is 29.3 Å². The number of rotatable bonds is 12. The molecule has 9 nitrogen and oxygen atoms in total. The molecule has 232 valence electrons. The number of benzene rings is 2. The van der Waals surface area contributed by atoms with Crippen molar-refractivity contribution in [3.05, 3.63) is 90.2 Å². The maximum atomic E-state index is 13.6. The van der Waals surface area contributed by atoms with Gasteiger partial charge < -0.3 is 19.2 Å². The Morgan fingerprint density at radius 1 is 1.02 bits per heavy atom. The summed E-state index contributed by atoms with van der Waals surface area (Å²) in [6, 6.07) is 9.15. The average Bonchev–Trinajstić information content (AvgIpc) is 3.94. The highest BCUT2D eigenvalue weighted by atomic mass is 35.5. The van der Waals surface area contributed by atoms with Gasteiger partial charge in [0.15, 0.2) is 11.5 Å². The van der Waals surface area contributed by atoms with E-state index >= 15 is 0 Å². The molecule has 2 heterocycles. The maximum Gasteiger partial charge on any atom is 0.387 e. The Morgan fingerprint density at radius 3 is 2.48 bits per heavy atom. The van der Waals surface area contributed by atoms with Crippen molar-refractivity contribution < 1.29 is 27.8 Å². The summed E-state index contributed by atoms with van der Waals surface area (Å²) in [5, 5.41) is -0.0261. The zero-order chi connectivity index (χ0) is 31.1. The molecular formula is C31H29Cl2F2N3O6. The lowest BCUT2D eigenvalue weighted by Crippen LogP contribution is -2.22. The van der Waals surface area contributed by atoms with Crippen LogP contribution in [0.5, 0.6) is 11.5 Å². The van der Waals surface area contributed by atoms with Crippen molar-refractivity contribution in [2.45, 2.75) is 51.4 Å². The van der Waals surface area contributed by atoms with Crippen molar-refractivity contribution in [3.63, 3.8) is 0 Å². The fraction of sp³-hybridized carbons (Fsp3) is 0.387. The number of aromatic nitrogens is 3. The summed E-state index contributed by atoms with van der Waals surface area (Å²) < 4.78 is 46.0. The summed E-state index contributed by atoms with van der Waals surface area (Å²) in [6.45, 7) is -2.13. The number of halogens is 4. The monoisotopic (exact) mass is 647 g/mol. The van der Waals surface area contributed by atoms with E-state index in [1.165, 1.54) is 29.0 Å². The van der Waals surface area contributed by atoms with Gasteiger partial charge >= 0.3 is 18.3 Å². The van der Waals surface area contributed by atoms with Gasteiger partial charge in [-0.3, -0.25) is 13.9 Å². The predicted octanol–water partition coefficient (Wildman–Crippen LogP) is 6.28. The Kier molecular flexibility index (Phi) is 8.43. The third-order valence-electron chi connectivity index (χ3n) is 7.97. The second kappa shape index (κ2) is 12.3. The summed E-state index contributed by atoms with van der Waals surface area (Å²) in [7, 11) is 1.65. The van der Waals surface area contributed by atoms with E-state index in [-0.39, 0.29) is 44.8 Å². The summed E-state index contributed by atoms with van der Waals surface area (Å²) in [5.41, 5.74) is 1.34. The van der Waals surface area contributed by atoms with Crippen LogP contribution in [-0.2, 0) is 24.8 Å². The molecule has 1 N–H and O–H groups in total. The first-order chi connectivity index (χ1) is 21.1. The van der Waals surface area contributed by atoms with Crippen LogP contribution in [-0.4, -0.2) is 33.3 Å². The van der Waals surface area contributed by atoms with Crippen LogP contribution in [0.3, 0.4) is 0 Å². The highest BCUT2D eigenvalue weighted by molar-refractivity contribution is 6.35. The summed E-state index contributed by atoms with van der Waals surface area (Å²) in [4.78, 5) is 41.2. The molecule has 1 unspecified atom stereocenters. The number of hydrogen-bond donors (Lipinski definition) is 1. The second-order valence-electron chi connectivity index (χ2n) is 11.3. The van der Waals surface area contributed by atoms with Crippen molar-refractivity contribution in [2.75, 3.05) is 6.61 Å². The van der Waals surface area contributed by atoms with Crippen LogP contribution in [0.15, 0.2) is 52.2 Å². The molecule has 0 amide bonds. The molecule has 2 aliphatic carbocycles. The topological polar surface area (TPSA) is 105 Å². The zero-order valence-electron chi connectivity index (χ0n) is 23.7. The maximum absolute atomic E-state index is 13.6. The minimum atomic E-state index is -3.07. The Labute approximate surface area is 260 Å². The molecule has 2 fully saturated rings.